The molecule has 0 spiro atoms. The summed E-state index contributed by atoms with van der Waals surface area (Å²) in [5.74, 6) is -0.553. The molecule has 1 heterocycles. The van der Waals surface area contributed by atoms with Gasteiger partial charge in [0, 0.05) is 19.1 Å². The summed E-state index contributed by atoms with van der Waals surface area (Å²) in [6.07, 6.45) is 0.520. The van der Waals surface area contributed by atoms with Gasteiger partial charge in [-0.25, -0.2) is 4.79 Å². The predicted molar refractivity (Wildman–Crippen MR) is 76.7 cm³/mol. The quantitative estimate of drug-likeness (QED) is 0.366. The Labute approximate surface area is 125 Å². The monoisotopic (exact) mass is 303 g/mol. The van der Waals surface area contributed by atoms with Crippen LogP contribution in [0.4, 0.5) is 4.79 Å². The van der Waals surface area contributed by atoms with Crippen LogP contribution in [0.2, 0.25) is 0 Å². The first-order chi connectivity index (χ1) is 9.46. The van der Waals surface area contributed by atoms with Gasteiger partial charge in [-0.3, -0.25) is 4.79 Å². The molecule has 8 heteroatoms. The van der Waals surface area contributed by atoms with Crippen molar-refractivity contribution in [2.24, 2.45) is 5.73 Å². The van der Waals surface area contributed by atoms with Crippen LogP contribution < -0.4 is 11.1 Å². The fraction of sp³-hybridized carbons (Fsp3) is 0.846. The summed E-state index contributed by atoms with van der Waals surface area (Å²) in [7, 11) is 4.38. The minimum atomic E-state index is -1.54. The van der Waals surface area contributed by atoms with Crippen molar-refractivity contribution in [2.75, 3.05) is 34.5 Å². The Morgan fingerprint density at radius 3 is 2.43 bits per heavy atom. The summed E-state index contributed by atoms with van der Waals surface area (Å²) in [6.45, 7) is 4.21. The third-order valence-electron chi connectivity index (χ3n) is 3.90. The maximum Gasteiger partial charge on any atom is 0.438 e. The number of amides is 3. The number of piperidine rings is 1. The van der Waals surface area contributed by atoms with Crippen LogP contribution >= 0.6 is 0 Å². The second-order valence-corrected chi connectivity index (χ2v) is 6.62. The Morgan fingerprint density at radius 1 is 1.43 bits per heavy atom. The van der Waals surface area contributed by atoms with Crippen LogP contribution in [0.1, 0.15) is 26.7 Å². The van der Waals surface area contributed by atoms with Crippen LogP contribution in [-0.4, -0.2) is 72.3 Å². The van der Waals surface area contributed by atoms with Crippen molar-refractivity contribution >= 4 is 11.9 Å². The molecule has 1 atom stereocenters. The van der Waals surface area contributed by atoms with Crippen LogP contribution in [0.3, 0.4) is 0 Å². The van der Waals surface area contributed by atoms with Gasteiger partial charge in [0.25, 0.3) is 0 Å². The Morgan fingerprint density at radius 2 is 2.00 bits per heavy atom. The van der Waals surface area contributed by atoms with Crippen molar-refractivity contribution in [1.82, 2.24) is 10.3 Å². The standard InChI is InChI=1S/C13H26N4O4/c1-12(2)8-13(20,6-7-15-12)10(18)16(9-21-5)17(3,4)11(14)19/h15,20H,6-9H2,1-5H3,(H-,14,19)/p+1. The van der Waals surface area contributed by atoms with Crippen LogP contribution in [-0.2, 0) is 9.53 Å². The fourth-order valence-corrected chi connectivity index (χ4v) is 2.58. The molecule has 3 amide bonds. The summed E-state index contributed by atoms with van der Waals surface area (Å²) in [4.78, 5) is 24.4. The van der Waals surface area contributed by atoms with Gasteiger partial charge in [0.2, 0.25) is 0 Å². The second-order valence-electron chi connectivity index (χ2n) is 6.62. The average molecular weight is 303 g/mol. The van der Waals surface area contributed by atoms with Gasteiger partial charge in [-0.15, -0.1) is 4.59 Å². The van der Waals surface area contributed by atoms with Gasteiger partial charge in [-0.1, -0.05) is 0 Å². The molecule has 1 aliphatic heterocycles. The number of rotatable bonds is 3. The zero-order valence-corrected chi connectivity index (χ0v) is 13.5. The van der Waals surface area contributed by atoms with Crippen molar-refractivity contribution in [3.8, 4) is 0 Å². The summed E-state index contributed by atoms with van der Waals surface area (Å²) < 4.78 is 4.49. The van der Waals surface area contributed by atoms with E-state index < -0.39 is 22.1 Å². The minimum absolute atomic E-state index is 0.134. The fourth-order valence-electron chi connectivity index (χ4n) is 2.58. The van der Waals surface area contributed by atoms with Crippen molar-refractivity contribution < 1.29 is 24.0 Å². The number of hydrogen-bond donors (Lipinski definition) is 3. The largest absolute Gasteiger partial charge is 0.438 e. The third kappa shape index (κ3) is 3.70. The maximum atomic E-state index is 12.8. The van der Waals surface area contributed by atoms with E-state index in [-0.39, 0.29) is 25.1 Å². The Kier molecular flexibility index (Phi) is 4.99. The number of primary amides is 1. The molecule has 21 heavy (non-hydrogen) atoms. The van der Waals surface area contributed by atoms with Gasteiger partial charge >= 0.3 is 11.9 Å². The van der Waals surface area contributed by atoms with Gasteiger partial charge in [0.15, 0.2) is 12.3 Å². The van der Waals surface area contributed by atoms with E-state index in [9.17, 15) is 14.7 Å². The minimum Gasteiger partial charge on any atom is -0.380 e. The first-order valence-corrected chi connectivity index (χ1v) is 6.89. The molecular formula is C13H27N4O4+. The molecule has 0 aromatic heterocycles. The van der Waals surface area contributed by atoms with E-state index in [4.69, 9.17) is 10.5 Å². The first-order valence-electron chi connectivity index (χ1n) is 6.89. The molecule has 1 fully saturated rings. The lowest BCUT2D eigenvalue weighted by molar-refractivity contribution is -0.921. The van der Waals surface area contributed by atoms with E-state index in [2.05, 4.69) is 5.32 Å². The van der Waals surface area contributed by atoms with E-state index >= 15 is 0 Å². The highest BCUT2D eigenvalue weighted by atomic mass is 16.5. The van der Waals surface area contributed by atoms with Gasteiger partial charge in [-0.05, 0) is 26.8 Å². The molecule has 1 aliphatic rings. The average Bonchev–Trinajstić information content (AvgIpc) is 2.33. The number of aliphatic hydroxyl groups is 1. The number of ether oxygens (including phenoxy) is 1. The van der Waals surface area contributed by atoms with Crippen molar-refractivity contribution in [1.29, 1.82) is 0 Å². The summed E-state index contributed by atoms with van der Waals surface area (Å²) in [5.41, 5.74) is 3.44. The molecule has 0 aliphatic carbocycles. The number of methoxy groups -OCH3 is 1. The van der Waals surface area contributed by atoms with Crippen LogP contribution in [0.5, 0.6) is 0 Å². The third-order valence-corrected chi connectivity index (χ3v) is 3.90. The lowest BCUT2D eigenvalue weighted by atomic mass is 9.80. The van der Waals surface area contributed by atoms with E-state index in [1.165, 1.54) is 21.2 Å². The Hall–Kier alpha value is -1.22. The SMILES string of the molecule is COCN(C(=O)C1(O)CCNC(C)(C)C1)[N+](C)(C)C(N)=O. The number of carbonyl (C=O) groups excluding carboxylic acids is 2. The summed E-state index contributed by atoms with van der Waals surface area (Å²) >= 11 is 0. The van der Waals surface area contributed by atoms with Gasteiger partial charge in [-0.2, -0.15) is 5.01 Å². The second kappa shape index (κ2) is 5.88. The molecule has 1 saturated heterocycles. The lowest BCUT2D eigenvalue weighted by Gasteiger charge is -2.45. The van der Waals surface area contributed by atoms with Crippen LogP contribution in [0.15, 0.2) is 0 Å². The van der Waals surface area contributed by atoms with Crippen molar-refractivity contribution in [3.63, 3.8) is 0 Å². The Balaban J connectivity index is 3.08. The van der Waals surface area contributed by atoms with Gasteiger partial charge in [0.1, 0.15) is 14.1 Å². The number of nitrogens with one attached hydrogen (secondary N) is 1. The van der Waals surface area contributed by atoms with Gasteiger partial charge < -0.3 is 20.9 Å². The molecule has 122 valence electrons. The molecule has 0 saturated carbocycles. The molecular weight excluding hydrogens is 276 g/mol. The maximum absolute atomic E-state index is 12.8. The summed E-state index contributed by atoms with van der Waals surface area (Å²) in [6, 6.07) is -0.711. The van der Waals surface area contributed by atoms with E-state index in [1.54, 1.807) is 0 Å². The molecule has 4 N–H and O–H groups in total. The molecule has 0 bridgehead atoms. The molecule has 1 rings (SSSR count). The number of nitrogens with zero attached hydrogens (tertiary/aromatic N) is 2. The van der Waals surface area contributed by atoms with Crippen molar-refractivity contribution in [3.05, 3.63) is 0 Å². The van der Waals surface area contributed by atoms with E-state index in [0.717, 1.165) is 5.01 Å². The molecule has 8 nitrogen and oxygen atoms in total. The van der Waals surface area contributed by atoms with Crippen LogP contribution in [0.25, 0.3) is 0 Å². The zero-order valence-electron chi connectivity index (χ0n) is 13.5. The zero-order chi connectivity index (χ0) is 16.5. The number of urea groups is 1. The van der Waals surface area contributed by atoms with Crippen molar-refractivity contribution in [2.45, 2.75) is 37.8 Å². The lowest BCUT2D eigenvalue weighted by Crippen LogP contribution is -2.69. The number of quaternary nitrogens is 1. The number of nitrogens with two attached hydrogens (primary N) is 1. The molecule has 0 radical (unpaired) electrons. The predicted octanol–water partition coefficient (Wildman–Crippen LogP) is -0.618. The molecule has 1 unspecified atom stereocenters. The highest BCUT2D eigenvalue weighted by Gasteiger charge is 2.51. The number of hydrogen-bond acceptors (Lipinski definition) is 5. The smallest absolute Gasteiger partial charge is 0.380 e. The first kappa shape index (κ1) is 17.8. The van der Waals surface area contributed by atoms with Gasteiger partial charge in [0.05, 0.1) is 0 Å². The molecule has 0 aromatic carbocycles. The highest BCUT2D eigenvalue weighted by molar-refractivity contribution is 5.85. The van der Waals surface area contributed by atoms with E-state index in [0.29, 0.717) is 6.54 Å². The van der Waals surface area contributed by atoms with Crippen LogP contribution in [0, 0.1) is 0 Å². The summed E-state index contributed by atoms with van der Waals surface area (Å²) in [5, 5.41) is 15.2. The highest BCUT2D eigenvalue weighted by Crippen LogP contribution is 2.30. The topological polar surface area (TPSA) is 105 Å². The van der Waals surface area contributed by atoms with E-state index in [1.807, 2.05) is 13.8 Å². The molecule has 0 aromatic rings. The normalized spacial score (nSPS) is 25.4. The number of carbonyl (C=O) groups is 2. The Bertz CT molecular complexity index is 424.